The second kappa shape index (κ2) is 5.87. The number of aryl methyl sites for hydroxylation is 2. The molecule has 6 nitrogen and oxygen atoms in total. The fourth-order valence-corrected chi connectivity index (χ4v) is 2.47. The Morgan fingerprint density at radius 1 is 1.24 bits per heavy atom. The lowest BCUT2D eigenvalue weighted by Gasteiger charge is -2.07. The van der Waals surface area contributed by atoms with Gasteiger partial charge in [0.25, 0.3) is 0 Å². The number of imidazole rings is 2. The molecule has 3 rings (SSSR count). The first-order chi connectivity index (χ1) is 10.3. The number of nitrogens with two attached hydrogens (primary N) is 1. The van der Waals surface area contributed by atoms with Gasteiger partial charge in [0.2, 0.25) is 5.95 Å². The van der Waals surface area contributed by atoms with E-state index in [0.29, 0.717) is 5.95 Å². The van der Waals surface area contributed by atoms with Crippen LogP contribution in [0.25, 0.3) is 11.0 Å². The Morgan fingerprint density at radius 2 is 2.10 bits per heavy atom. The smallest absolute Gasteiger partial charge is 0.201 e. The lowest BCUT2D eigenvalue weighted by Crippen LogP contribution is -2.04. The summed E-state index contributed by atoms with van der Waals surface area (Å²) in [4.78, 5) is 8.43. The monoisotopic (exact) mass is 285 g/mol. The Kier molecular flexibility index (Phi) is 3.77. The molecule has 0 aliphatic rings. The number of rotatable bonds is 6. The van der Waals surface area contributed by atoms with E-state index in [4.69, 9.17) is 10.5 Å². The molecule has 0 bridgehead atoms. The highest BCUT2D eigenvalue weighted by atomic mass is 16.5. The molecule has 3 aromatic rings. The maximum absolute atomic E-state index is 6.02. The summed E-state index contributed by atoms with van der Waals surface area (Å²) in [6.45, 7) is 1.84. The van der Waals surface area contributed by atoms with Gasteiger partial charge in [-0.3, -0.25) is 0 Å². The number of anilines is 1. The molecule has 0 fully saturated rings. The van der Waals surface area contributed by atoms with E-state index in [-0.39, 0.29) is 0 Å². The zero-order chi connectivity index (χ0) is 14.7. The van der Waals surface area contributed by atoms with Crippen LogP contribution < -0.4 is 10.5 Å². The quantitative estimate of drug-likeness (QED) is 0.705. The lowest BCUT2D eigenvalue weighted by molar-refractivity contribution is 0.415. The van der Waals surface area contributed by atoms with Gasteiger partial charge in [0.15, 0.2) is 0 Å². The number of unbranched alkanes of at least 4 members (excludes halogenated alkanes) is 1. The van der Waals surface area contributed by atoms with Crippen LogP contribution >= 0.6 is 0 Å². The molecule has 110 valence electrons. The Bertz CT molecular complexity index is 717. The topological polar surface area (TPSA) is 70.9 Å². The molecule has 0 atom stereocenters. The largest absolute Gasteiger partial charge is 0.497 e. The van der Waals surface area contributed by atoms with Crippen LogP contribution in [0.1, 0.15) is 12.8 Å². The van der Waals surface area contributed by atoms with E-state index in [1.54, 1.807) is 13.3 Å². The molecule has 21 heavy (non-hydrogen) atoms. The second-order valence-corrected chi connectivity index (χ2v) is 4.98. The predicted octanol–water partition coefficient (Wildman–Crippen LogP) is 2.30. The van der Waals surface area contributed by atoms with Gasteiger partial charge in [-0.05, 0) is 25.0 Å². The number of benzene rings is 1. The first-order valence-corrected chi connectivity index (χ1v) is 7.03. The first kappa shape index (κ1) is 13.5. The van der Waals surface area contributed by atoms with Crippen molar-refractivity contribution in [2.75, 3.05) is 12.8 Å². The molecule has 2 heterocycles. The average Bonchev–Trinajstić information content (AvgIpc) is 3.10. The summed E-state index contributed by atoms with van der Waals surface area (Å²) >= 11 is 0. The number of ether oxygens (including phenoxy) is 1. The third kappa shape index (κ3) is 2.84. The predicted molar refractivity (Wildman–Crippen MR) is 82.2 cm³/mol. The van der Waals surface area contributed by atoms with Gasteiger partial charge in [0.1, 0.15) is 5.75 Å². The fourth-order valence-electron chi connectivity index (χ4n) is 2.47. The van der Waals surface area contributed by atoms with Crippen LogP contribution in [-0.2, 0) is 13.1 Å². The molecule has 0 aliphatic carbocycles. The van der Waals surface area contributed by atoms with Crippen LogP contribution in [0.3, 0.4) is 0 Å². The van der Waals surface area contributed by atoms with Crippen molar-refractivity contribution < 1.29 is 4.74 Å². The van der Waals surface area contributed by atoms with E-state index in [2.05, 4.69) is 19.1 Å². The van der Waals surface area contributed by atoms with E-state index in [0.717, 1.165) is 42.7 Å². The first-order valence-electron chi connectivity index (χ1n) is 7.03. The molecular formula is C15H19N5O. The molecule has 0 spiro atoms. The minimum atomic E-state index is 0.556. The van der Waals surface area contributed by atoms with Crippen molar-refractivity contribution in [3.8, 4) is 5.75 Å². The van der Waals surface area contributed by atoms with Gasteiger partial charge in [0.05, 0.1) is 24.5 Å². The maximum atomic E-state index is 6.02. The summed E-state index contributed by atoms with van der Waals surface area (Å²) in [7, 11) is 1.65. The summed E-state index contributed by atoms with van der Waals surface area (Å²) in [6, 6.07) is 5.85. The fraction of sp³-hybridized carbons (Fsp3) is 0.333. The highest BCUT2D eigenvalue weighted by molar-refractivity contribution is 5.79. The van der Waals surface area contributed by atoms with E-state index in [1.165, 1.54) is 0 Å². The van der Waals surface area contributed by atoms with Crippen molar-refractivity contribution >= 4 is 17.0 Å². The van der Waals surface area contributed by atoms with Crippen LogP contribution in [-0.4, -0.2) is 26.2 Å². The Morgan fingerprint density at radius 3 is 2.86 bits per heavy atom. The molecular weight excluding hydrogens is 266 g/mol. The van der Waals surface area contributed by atoms with E-state index in [1.807, 2.05) is 30.7 Å². The molecule has 2 N–H and O–H groups in total. The van der Waals surface area contributed by atoms with Crippen molar-refractivity contribution in [1.82, 2.24) is 19.1 Å². The highest BCUT2D eigenvalue weighted by Crippen LogP contribution is 2.23. The minimum absolute atomic E-state index is 0.556. The standard InChI is InChI=1S/C15H19N5O/c1-21-12-4-5-14-13(10-12)18-15(16)20(14)8-3-2-7-19-9-6-17-11-19/h4-6,9-11H,2-3,7-8H2,1H3,(H2,16,18). The van der Waals surface area contributed by atoms with Crippen LogP contribution in [0.4, 0.5) is 5.95 Å². The molecule has 2 aromatic heterocycles. The molecule has 0 unspecified atom stereocenters. The van der Waals surface area contributed by atoms with Crippen LogP contribution in [0.15, 0.2) is 36.9 Å². The van der Waals surface area contributed by atoms with Gasteiger partial charge >= 0.3 is 0 Å². The summed E-state index contributed by atoms with van der Waals surface area (Å²) in [5.41, 5.74) is 7.95. The third-order valence-electron chi connectivity index (χ3n) is 3.59. The zero-order valence-corrected chi connectivity index (χ0v) is 12.1. The zero-order valence-electron chi connectivity index (χ0n) is 12.1. The molecule has 0 amide bonds. The van der Waals surface area contributed by atoms with Gasteiger partial charge in [0, 0.05) is 31.5 Å². The Hall–Kier alpha value is -2.50. The van der Waals surface area contributed by atoms with Gasteiger partial charge in [-0.15, -0.1) is 0 Å². The number of hydrogen-bond acceptors (Lipinski definition) is 4. The number of hydrogen-bond donors (Lipinski definition) is 1. The van der Waals surface area contributed by atoms with Crippen LogP contribution in [0.5, 0.6) is 5.75 Å². The van der Waals surface area contributed by atoms with Gasteiger partial charge in [-0.1, -0.05) is 0 Å². The molecule has 6 heteroatoms. The Labute approximate surface area is 123 Å². The SMILES string of the molecule is COc1ccc2c(c1)nc(N)n2CCCCn1ccnc1. The number of aromatic nitrogens is 4. The van der Waals surface area contributed by atoms with E-state index in [9.17, 15) is 0 Å². The molecule has 0 radical (unpaired) electrons. The van der Waals surface area contributed by atoms with Gasteiger partial charge < -0.3 is 19.6 Å². The summed E-state index contributed by atoms with van der Waals surface area (Å²) < 4.78 is 9.35. The average molecular weight is 285 g/mol. The number of fused-ring (bicyclic) bond motifs is 1. The number of nitrogens with zero attached hydrogens (tertiary/aromatic N) is 4. The lowest BCUT2D eigenvalue weighted by atomic mass is 10.2. The van der Waals surface area contributed by atoms with Crippen molar-refractivity contribution in [2.24, 2.45) is 0 Å². The molecule has 1 aromatic carbocycles. The molecule has 0 saturated carbocycles. The van der Waals surface area contributed by atoms with Crippen molar-refractivity contribution in [3.63, 3.8) is 0 Å². The van der Waals surface area contributed by atoms with E-state index < -0.39 is 0 Å². The van der Waals surface area contributed by atoms with Crippen LogP contribution in [0, 0.1) is 0 Å². The number of methoxy groups -OCH3 is 1. The van der Waals surface area contributed by atoms with Crippen LogP contribution in [0.2, 0.25) is 0 Å². The molecule has 0 saturated heterocycles. The summed E-state index contributed by atoms with van der Waals surface area (Å²) in [6.07, 6.45) is 7.74. The number of nitrogen functional groups attached to an aromatic ring is 1. The minimum Gasteiger partial charge on any atom is -0.497 e. The summed E-state index contributed by atoms with van der Waals surface area (Å²) in [5.74, 6) is 1.35. The Balaban J connectivity index is 1.67. The highest BCUT2D eigenvalue weighted by Gasteiger charge is 2.08. The van der Waals surface area contributed by atoms with Gasteiger partial charge in [-0.2, -0.15) is 0 Å². The molecule has 0 aliphatic heterocycles. The van der Waals surface area contributed by atoms with Crippen molar-refractivity contribution in [3.05, 3.63) is 36.9 Å². The second-order valence-electron chi connectivity index (χ2n) is 4.98. The normalized spacial score (nSPS) is 11.1. The third-order valence-corrected chi connectivity index (χ3v) is 3.59. The van der Waals surface area contributed by atoms with Gasteiger partial charge in [-0.25, -0.2) is 9.97 Å². The maximum Gasteiger partial charge on any atom is 0.201 e. The van der Waals surface area contributed by atoms with E-state index >= 15 is 0 Å². The van der Waals surface area contributed by atoms with Crippen molar-refractivity contribution in [2.45, 2.75) is 25.9 Å². The van der Waals surface area contributed by atoms with Crippen molar-refractivity contribution in [1.29, 1.82) is 0 Å². The summed E-state index contributed by atoms with van der Waals surface area (Å²) in [5, 5.41) is 0.